The summed E-state index contributed by atoms with van der Waals surface area (Å²) in [7, 11) is 0. The third-order valence-electron chi connectivity index (χ3n) is 2.53. The van der Waals surface area contributed by atoms with Crippen LogP contribution in [0.4, 0.5) is 0 Å². The molecule has 16 heavy (non-hydrogen) atoms. The lowest BCUT2D eigenvalue weighted by molar-refractivity contribution is 0.617. The molecule has 0 fully saturated rings. The summed E-state index contributed by atoms with van der Waals surface area (Å²) in [5.74, 6) is 0. The van der Waals surface area contributed by atoms with Crippen LogP contribution in [0.1, 0.15) is 17.4 Å². The molecule has 2 rings (SSSR count). The molecule has 0 saturated heterocycles. The van der Waals surface area contributed by atoms with Crippen LogP contribution in [0.2, 0.25) is 5.02 Å². The van der Waals surface area contributed by atoms with E-state index in [-0.39, 0.29) is 0 Å². The van der Waals surface area contributed by atoms with Gasteiger partial charge < -0.3 is 5.73 Å². The van der Waals surface area contributed by atoms with E-state index in [1.165, 1.54) is 0 Å². The fourth-order valence-corrected chi connectivity index (χ4v) is 3.21. The van der Waals surface area contributed by atoms with Crippen LogP contribution in [0.15, 0.2) is 40.2 Å². The smallest absolute Gasteiger partial charge is 0.0745 e. The summed E-state index contributed by atoms with van der Waals surface area (Å²) in [5, 5.41) is 2.69. The van der Waals surface area contributed by atoms with Gasteiger partial charge in [-0.2, -0.15) is 0 Å². The first-order chi connectivity index (χ1) is 7.51. The average Bonchev–Trinajstić information content (AvgIpc) is 2.66. The lowest BCUT2D eigenvalue weighted by Crippen LogP contribution is -2.33. The van der Waals surface area contributed by atoms with Crippen LogP contribution in [0.25, 0.3) is 0 Å². The summed E-state index contributed by atoms with van der Waals surface area (Å²) in [6, 6.07) is 9.88. The lowest BCUT2D eigenvalue weighted by Gasteiger charge is -2.24. The fraction of sp³-hybridized carbons (Fsp3) is 0.167. The van der Waals surface area contributed by atoms with Crippen LogP contribution in [0.3, 0.4) is 0 Å². The van der Waals surface area contributed by atoms with E-state index in [4.69, 9.17) is 17.3 Å². The van der Waals surface area contributed by atoms with Gasteiger partial charge in [-0.05, 0) is 36.1 Å². The Morgan fingerprint density at radius 3 is 2.38 bits per heavy atom. The molecule has 0 bridgehead atoms. The van der Waals surface area contributed by atoms with E-state index in [9.17, 15) is 0 Å². The minimum Gasteiger partial charge on any atom is -0.317 e. The number of hydrogen-bond acceptors (Lipinski definition) is 2. The molecule has 1 atom stereocenters. The molecular formula is C12H11BrClNS. The largest absolute Gasteiger partial charge is 0.317 e. The summed E-state index contributed by atoms with van der Waals surface area (Å²) in [4.78, 5) is 0.997. The van der Waals surface area contributed by atoms with Crippen molar-refractivity contribution < 1.29 is 0 Å². The molecule has 1 unspecified atom stereocenters. The van der Waals surface area contributed by atoms with E-state index in [0.717, 1.165) is 19.9 Å². The molecule has 0 spiro atoms. The van der Waals surface area contributed by atoms with Gasteiger partial charge >= 0.3 is 0 Å². The van der Waals surface area contributed by atoms with Crippen molar-refractivity contribution in [1.29, 1.82) is 0 Å². The molecule has 0 aliphatic carbocycles. The van der Waals surface area contributed by atoms with Crippen molar-refractivity contribution >= 4 is 38.9 Å². The molecule has 1 aromatic heterocycles. The lowest BCUT2D eigenvalue weighted by atomic mass is 9.92. The van der Waals surface area contributed by atoms with Crippen LogP contribution in [0, 0.1) is 0 Å². The Kier molecular flexibility index (Phi) is 3.40. The number of thiophene rings is 1. The molecule has 84 valence electrons. The molecule has 0 aliphatic heterocycles. The maximum atomic E-state index is 6.37. The second kappa shape index (κ2) is 4.49. The van der Waals surface area contributed by atoms with Gasteiger partial charge in [0.2, 0.25) is 0 Å². The summed E-state index contributed by atoms with van der Waals surface area (Å²) < 4.78 is 1.05. The highest BCUT2D eigenvalue weighted by Crippen LogP contribution is 2.36. The molecule has 1 nitrogen and oxygen atoms in total. The van der Waals surface area contributed by atoms with Crippen LogP contribution < -0.4 is 5.73 Å². The molecule has 4 heteroatoms. The minimum atomic E-state index is -0.536. The van der Waals surface area contributed by atoms with E-state index in [1.807, 2.05) is 42.6 Å². The topological polar surface area (TPSA) is 26.0 Å². The Morgan fingerprint density at radius 1 is 1.25 bits per heavy atom. The number of hydrogen-bond donors (Lipinski definition) is 1. The molecule has 2 N–H and O–H groups in total. The standard InChI is InChI=1S/C12H11BrClNS/c1-12(15,11-10(14)6-7-16-11)8-2-4-9(13)5-3-8/h2-7H,15H2,1H3. The molecule has 0 radical (unpaired) electrons. The maximum Gasteiger partial charge on any atom is 0.0745 e. The van der Waals surface area contributed by atoms with E-state index < -0.39 is 5.54 Å². The SMILES string of the molecule is CC(N)(c1ccc(Br)cc1)c1sccc1Cl. The zero-order chi connectivity index (χ0) is 11.8. The molecule has 2 aromatic rings. The Morgan fingerprint density at radius 2 is 1.88 bits per heavy atom. The number of nitrogens with two attached hydrogens (primary N) is 1. The van der Waals surface area contributed by atoms with Gasteiger partial charge in [0.05, 0.1) is 10.6 Å². The second-order valence-corrected chi connectivity index (χ2v) is 6.05. The third kappa shape index (κ3) is 2.18. The number of benzene rings is 1. The van der Waals surface area contributed by atoms with Gasteiger partial charge in [0.15, 0.2) is 0 Å². The summed E-state index contributed by atoms with van der Waals surface area (Å²) in [6.45, 7) is 1.98. The van der Waals surface area contributed by atoms with Crippen LogP contribution in [-0.2, 0) is 5.54 Å². The van der Waals surface area contributed by atoms with E-state index in [0.29, 0.717) is 0 Å². The van der Waals surface area contributed by atoms with Crippen molar-refractivity contribution in [3.8, 4) is 0 Å². The highest BCUT2D eigenvalue weighted by atomic mass is 79.9. The van der Waals surface area contributed by atoms with Gasteiger partial charge in [0.1, 0.15) is 0 Å². The summed E-state index contributed by atoms with van der Waals surface area (Å²) >= 11 is 11.1. The normalized spacial score (nSPS) is 14.8. The zero-order valence-corrected chi connectivity index (χ0v) is 11.9. The highest BCUT2D eigenvalue weighted by molar-refractivity contribution is 9.10. The van der Waals surface area contributed by atoms with Crippen molar-refractivity contribution in [3.05, 3.63) is 55.6 Å². The van der Waals surface area contributed by atoms with Gasteiger partial charge in [-0.3, -0.25) is 0 Å². The van der Waals surface area contributed by atoms with Crippen molar-refractivity contribution in [2.45, 2.75) is 12.5 Å². The number of halogens is 2. The van der Waals surface area contributed by atoms with Gasteiger partial charge in [0, 0.05) is 9.35 Å². The quantitative estimate of drug-likeness (QED) is 0.874. The highest BCUT2D eigenvalue weighted by Gasteiger charge is 2.27. The number of rotatable bonds is 2. The predicted molar refractivity (Wildman–Crippen MR) is 74.1 cm³/mol. The van der Waals surface area contributed by atoms with Gasteiger partial charge in [-0.15, -0.1) is 11.3 Å². The van der Waals surface area contributed by atoms with Crippen molar-refractivity contribution in [2.75, 3.05) is 0 Å². The molecule has 0 aliphatic rings. The van der Waals surface area contributed by atoms with Crippen molar-refractivity contribution in [3.63, 3.8) is 0 Å². The monoisotopic (exact) mass is 315 g/mol. The first-order valence-electron chi connectivity index (χ1n) is 4.80. The summed E-state index contributed by atoms with van der Waals surface area (Å²) in [6.07, 6.45) is 0. The molecular weight excluding hydrogens is 306 g/mol. The Bertz CT molecular complexity index is 490. The third-order valence-corrected chi connectivity index (χ3v) is 4.64. The molecule has 0 saturated carbocycles. The van der Waals surface area contributed by atoms with Gasteiger partial charge in [-0.25, -0.2) is 0 Å². The van der Waals surface area contributed by atoms with E-state index in [2.05, 4.69) is 15.9 Å². The molecule has 1 aromatic carbocycles. The first-order valence-corrected chi connectivity index (χ1v) is 6.85. The fourth-order valence-electron chi connectivity index (χ4n) is 1.59. The van der Waals surface area contributed by atoms with Crippen molar-refractivity contribution in [2.24, 2.45) is 5.73 Å². The molecule has 1 heterocycles. The van der Waals surface area contributed by atoms with E-state index in [1.54, 1.807) is 11.3 Å². The first kappa shape index (κ1) is 12.1. The Labute approximate surface area is 112 Å². The average molecular weight is 317 g/mol. The molecule has 0 amide bonds. The Hall–Kier alpha value is -0.350. The second-order valence-electron chi connectivity index (χ2n) is 3.81. The zero-order valence-electron chi connectivity index (χ0n) is 8.71. The van der Waals surface area contributed by atoms with Crippen LogP contribution >= 0.6 is 38.9 Å². The minimum absolute atomic E-state index is 0.536. The van der Waals surface area contributed by atoms with Gasteiger partial charge in [0.25, 0.3) is 0 Å². The van der Waals surface area contributed by atoms with Crippen LogP contribution in [-0.4, -0.2) is 0 Å². The van der Waals surface area contributed by atoms with Crippen LogP contribution in [0.5, 0.6) is 0 Å². The summed E-state index contributed by atoms with van der Waals surface area (Å²) in [5.41, 5.74) is 6.89. The van der Waals surface area contributed by atoms with Gasteiger partial charge in [-0.1, -0.05) is 39.7 Å². The van der Waals surface area contributed by atoms with Crippen molar-refractivity contribution in [1.82, 2.24) is 0 Å². The maximum absolute atomic E-state index is 6.37. The predicted octanol–water partition coefficient (Wildman–Crippen LogP) is 4.39. The Balaban J connectivity index is 2.46. The van der Waals surface area contributed by atoms with E-state index >= 15 is 0 Å².